The molecule has 6 aromatic rings. The van der Waals surface area contributed by atoms with E-state index in [2.05, 4.69) is 143 Å². The predicted octanol–water partition coefficient (Wildman–Crippen LogP) is 10.2. The number of aromatic nitrogens is 2. The Morgan fingerprint density at radius 3 is 1.10 bits per heavy atom. The van der Waals surface area contributed by atoms with Gasteiger partial charge in [-0.15, -0.1) is 23.2 Å². The van der Waals surface area contributed by atoms with E-state index in [-0.39, 0.29) is 5.34 Å². The monoisotopic (exact) mass is 570 g/mol. The maximum absolute atomic E-state index is 4.76. The fourth-order valence-electron chi connectivity index (χ4n) is 5.05. The number of hydrogen-bond donors (Lipinski definition) is 0. The Bertz CT molecular complexity index is 1570. The summed E-state index contributed by atoms with van der Waals surface area (Å²) in [6.45, 7) is 0. The first-order valence-electron chi connectivity index (χ1n) is 13.3. The first kappa shape index (κ1) is 28.0. The van der Waals surface area contributed by atoms with Crippen LogP contribution in [-0.4, -0.2) is 15.3 Å². The van der Waals surface area contributed by atoms with Crippen LogP contribution in [0.1, 0.15) is 22.3 Å². The first-order chi connectivity index (χ1) is 20.3. The summed E-state index contributed by atoms with van der Waals surface area (Å²) < 4.78 is 0. The van der Waals surface area contributed by atoms with Crippen LogP contribution in [-0.2, 0) is 0 Å². The summed E-state index contributed by atoms with van der Waals surface area (Å²) in [5, 5.41) is 0.194. The molecule has 2 nitrogen and oxygen atoms in total. The van der Waals surface area contributed by atoms with Crippen LogP contribution in [0, 0.1) is 0 Å². The third kappa shape index (κ3) is 6.63. The highest BCUT2D eigenvalue weighted by molar-refractivity contribution is 6.40. The zero-order valence-electron chi connectivity index (χ0n) is 22.4. The molecule has 2 heterocycles. The second kappa shape index (κ2) is 14.2. The predicted molar refractivity (Wildman–Crippen MR) is 174 cm³/mol. The van der Waals surface area contributed by atoms with Crippen LogP contribution in [0.2, 0.25) is 0 Å². The van der Waals surface area contributed by atoms with Crippen molar-refractivity contribution in [3.63, 3.8) is 0 Å². The van der Waals surface area contributed by atoms with Crippen molar-refractivity contribution in [1.82, 2.24) is 9.97 Å². The first-order valence-corrected chi connectivity index (χ1v) is 14.4. The molecule has 0 saturated carbocycles. The standard InChI is InChI=1S/C36H26N2.CH2Cl2/c1-3-11-29(12-4-1)35(33-17-9-7-15-31(33)27-19-23-37-24-20-27)36(30-13-5-2-6-14-30)34-18-10-8-16-32(34)28-21-25-38-26-22-28;2-1-3/h1-26H;1H2/b36-35-;. The van der Waals surface area contributed by atoms with Crippen LogP contribution in [0.5, 0.6) is 0 Å². The van der Waals surface area contributed by atoms with Crippen LogP contribution in [0.25, 0.3) is 33.4 Å². The molecule has 0 aliphatic heterocycles. The zero-order valence-corrected chi connectivity index (χ0v) is 23.9. The van der Waals surface area contributed by atoms with E-state index in [1.165, 1.54) is 33.4 Å². The zero-order chi connectivity index (χ0) is 28.3. The number of alkyl halides is 2. The van der Waals surface area contributed by atoms with Gasteiger partial charge in [0.15, 0.2) is 0 Å². The molecule has 0 aliphatic carbocycles. The van der Waals surface area contributed by atoms with Gasteiger partial charge in [-0.3, -0.25) is 9.97 Å². The molecule has 0 saturated heterocycles. The topological polar surface area (TPSA) is 25.8 Å². The number of nitrogens with zero attached hydrogens (tertiary/aromatic N) is 2. The molecule has 0 atom stereocenters. The van der Waals surface area contributed by atoms with E-state index in [9.17, 15) is 0 Å². The number of benzene rings is 4. The lowest BCUT2D eigenvalue weighted by Crippen LogP contribution is -2.01. The van der Waals surface area contributed by atoms with E-state index >= 15 is 0 Å². The molecule has 0 N–H and O–H groups in total. The molecule has 0 unspecified atom stereocenters. The Morgan fingerprint density at radius 1 is 0.415 bits per heavy atom. The molecule has 41 heavy (non-hydrogen) atoms. The van der Waals surface area contributed by atoms with Crippen LogP contribution in [0.15, 0.2) is 158 Å². The van der Waals surface area contributed by atoms with E-state index in [4.69, 9.17) is 23.2 Å². The smallest absolute Gasteiger partial charge is 0.0967 e. The summed E-state index contributed by atoms with van der Waals surface area (Å²) in [5.74, 6) is 0. The molecule has 0 aliphatic rings. The van der Waals surface area contributed by atoms with Crippen molar-refractivity contribution in [3.8, 4) is 22.3 Å². The maximum atomic E-state index is 4.76. The highest BCUT2D eigenvalue weighted by Gasteiger charge is 2.21. The Morgan fingerprint density at radius 2 is 0.732 bits per heavy atom. The lowest BCUT2D eigenvalue weighted by molar-refractivity contribution is 1.33. The third-order valence-electron chi connectivity index (χ3n) is 6.75. The Hall–Kier alpha value is -4.50. The van der Waals surface area contributed by atoms with Crippen LogP contribution in [0.3, 0.4) is 0 Å². The van der Waals surface area contributed by atoms with Gasteiger partial charge in [0, 0.05) is 24.8 Å². The highest BCUT2D eigenvalue weighted by Crippen LogP contribution is 2.43. The van der Waals surface area contributed by atoms with E-state index in [1.54, 1.807) is 0 Å². The van der Waals surface area contributed by atoms with Crippen molar-refractivity contribution >= 4 is 34.3 Å². The van der Waals surface area contributed by atoms with Gasteiger partial charge in [-0.25, -0.2) is 0 Å². The third-order valence-corrected chi connectivity index (χ3v) is 6.75. The Labute approximate surface area is 251 Å². The van der Waals surface area contributed by atoms with Gasteiger partial charge in [0.2, 0.25) is 0 Å². The lowest BCUT2D eigenvalue weighted by atomic mass is 9.81. The van der Waals surface area contributed by atoms with Gasteiger partial charge in [0.1, 0.15) is 0 Å². The van der Waals surface area contributed by atoms with E-state index in [0.29, 0.717) is 0 Å². The number of rotatable bonds is 6. The molecule has 0 amide bonds. The minimum Gasteiger partial charge on any atom is -0.265 e. The molecule has 0 bridgehead atoms. The minimum absolute atomic E-state index is 0.194. The van der Waals surface area contributed by atoms with Crippen LogP contribution < -0.4 is 0 Å². The lowest BCUT2D eigenvalue weighted by Gasteiger charge is -2.22. The van der Waals surface area contributed by atoms with E-state index in [0.717, 1.165) is 22.3 Å². The van der Waals surface area contributed by atoms with Crippen molar-refractivity contribution in [2.75, 3.05) is 5.34 Å². The quantitative estimate of drug-likeness (QED) is 0.147. The minimum atomic E-state index is 0.194. The van der Waals surface area contributed by atoms with Gasteiger partial charge in [-0.2, -0.15) is 0 Å². The summed E-state index contributed by atoms with van der Waals surface area (Å²) in [5.41, 5.74) is 11.7. The largest absolute Gasteiger partial charge is 0.265 e. The van der Waals surface area contributed by atoms with Crippen molar-refractivity contribution in [3.05, 3.63) is 181 Å². The van der Waals surface area contributed by atoms with Gasteiger partial charge >= 0.3 is 0 Å². The molecule has 0 spiro atoms. The number of halogens is 2. The summed E-state index contributed by atoms with van der Waals surface area (Å²) in [7, 11) is 0. The average molecular weight is 572 g/mol. The van der Waals surface area contributed by atoms with Gasteiger partial charge in [-0.05, 0) is 79.9 Å². The van der Waals surface area contributed by atoms with E-state index < -0.39 is 0 Å². The SMILES string of the molecule is ClCCl.c1ccc(/C(=C(\c2ccccc2)c2ccccc2-c2ccncc2)c2ccccc2-c2ccncc2)cc1. The van der Waals surface area contributed by atoms with Gasteiger partial charge in [0.05, 0.1) is 5.34 Å². The fourth-order valence-corrected chi connectivity index (χ4v) is 5.05. The summed E-state index contributed by atoms with van der Waals surface area (Å²) in [6, 6.07) is 47.1. The van der Waals surface area contributed by atoms with Crippen LogP contribution >= 0.6 is 23.2 Å². The van der Waals surface area contributed by atoms with Crippen molar-refractivity contribution < 1.29 is 0 Å². The second-order valence-corrected chi connectivity index (χ2v) is 9.95. The maximum Gasteiger partial charge on any atom is 0.0967 e. The second-order valence-electron chi connectivity index (χ2n) is 9.15. The van der Waals surface area contributed by atoms with Crippen LogP contribution in [0.4, 0.5) is 0 Å². The van der Waals surface area contributed by atoms with Crippen molar-refractivity contribution in [1.29, 1.82) is 0 Å². The normalized spacial score (nSPS) is 11.2. The summed E-state index contributed by atoms with van der Waals surface area (Å²) >= 11 is 9.53. The Kier molecular flexibility index (Phi) is 9.73. The van der Waals surface area contributed by atoms with Crippen molar-refractivity contribution in [2.24, 2.45) is 0 Å². The number of pyridine rings is 2. The average Bonchev–Trinajstić information content (AvgIpc) is 3.06. The molecule has 4 aromatic carbocycles. The molecule has 6 rings (SSSR count). The summed E-state index contributed by atoms with van der Waals surface area (Å²) in [4.78, 5) is 8.52. The fraction of sp³-hybridized carbons (Fsp3) is 0.0270. The molecule has 2 aromatic heterocycles. The van der Waals surface area contributed by atoms with Gasteiger partial charge in [-0.1, -0.05) is 109 Å². The molecular weight excluding hydrogens is 543 g/mol. The Balaban J connectivity index is 0.00000108. The van der Waals surface area contributed by atoms with E-state index in [1.807, 2.05) is 24.8 Å². The molecule has 0 radical (unpaired) electrons. The van der Waals surface area contributed by atoms with Gasteiger partial charge < -0.3 is 0 Å². The molecule has 4 heteroatoms. The van der Waals surface area contributed by atoms with Gasteiger partial charge in [0.25, 0.3) is 0 Å². The summed E-state index contributed by atoms with van der Waals surface area (Å²) in [6.07, 6.45) is 7.42. The molecular formula is C37H28Cl2N2. The molecule has 200 valence electrons. The van der Waals surface area contributed by atoms with Crippen molar-refractivity contribution in [2.45, 2.75) is 0 Å². The number of hydrogen-bond acceptors (Lipinski definition) is 2. The molecule has 0 fully saturated rings. The highest BCUT2D eigenvalue weighted by atomic mass is 35.5.